The van der Waals surface area contributed by atoms with Crippen molar-refractivity contribution >= 4 is 15.9 Å². The lowest BCUT2D eigenvalue weighted by Gasteiger charge is -2.11. The Morgan fingerprint density at radius 1 is 1.24 bits per heavy atom. The minimum atomic E-state index is 0.699. The molecule has 1 aromatic carbocycles. The molecule has 0 aliphatic carbocycles. The zero-order chi connectivity index (χ0) is 12.5. The first kappa shape index (κ1) is 14.5. The maximum absolute atomic E-state index is 5.64. The van der Waals surface area contributed by atoms with Gasteiger partial charge in [0.2, 0.25) is 0 Å². The first-order valence-electron chi connectivity index (χ1n) is 5.93. The average molecular weight is 301 g/mol. The molecular formula is C13H21BrN2O. The van der Waals surface area contributed by atoms with E-state index < -0.39 is 0 Å². The van der Waals surface area contributed by atoms with Crippen molar-refractivity contribution in [2.24, 2.45) is 0 Å². The van der Waals surface area contributed by atoms with Gasteiger partial charge in [-0.3, -0.25) is 0 Å². The Labute approximate surface area is 112 Å². The van der Waals surface area contributed by atoms with Gasteiger partial charge in [0.05, 0.1) is 4.47 Å². The second kappa shape index (κ2) is 8.50. The molecule has 17 heavy (non-hydrogen) atoms. The van der Waals surface area contributed by atoms with Crippen molar-refractivity contribution in [3.05, 3.63) is 28.7 Å². The van der Waals surface area contributed by atoms with Crippen LogP contribution in [0.15, 0.2) is 28.7 Å². The van der Waals surface area contributed by atoms with Crippen molar-refractivity contribution in [3.8, 4) is 5.75 Å². The van der Waals surface area contributed by atoms with Crippen LogP contribution in [0.25, 0.3) is 0 Å². The van der Waals surface area contributed by atoms with E-state index in [2.05, 4.69) is 40.2 Å². The van der Waals surface area contributed by atoms with E-state index in [0.29, 0.717) is 6.61 Å². The maximum atomic E-state index is 5.64. The number of nitrogens with one attached hydrogen (secondary N) is 1. The van der Waals surface area contributed by atoms with E-state index in [1.807, 2.05) is 24.3 Å². The Hall–Kier alpha value is -0.580. The lowest BCUT2D eigenvalue weighted by atomic mass is 10.3. The highest BCUT2D eigenvalue weighted by Gasteiger charge is 1.98. The Balaban J connectivity index is 2.03. The minimum Gasteiger partial charge on any atom is -0.491 e. The molecule has 0 aliphatic heterocycles. The fourth-order valence-electron chi connectivity index (χ4n) is 1.44. The fourth-order valence-corrected chi connectivity index (χ4v) is 1.84. The van der Waals surface area contributed by atoms with E-state index in [-0.39, 0.29) is 0 Å². The number of nitrogens with zero attached hydrogens (tertiary/aromatic N) is 1. The van der Waals surface area contributed by atoms with Crippen molar-refractivity contribution in [2.75, 3.05) is 40.3 Å². The summed E-state index contributed by atoms with van der Waals surface area (Å²) in [5, 5.41) is 3.36. The van der Waals surface area contributed by atoms with Crippen LogP contribution in [0.5, 0.6) is 5.75 Å². The maximum Gasteiger partial charge on any atom is 0.133 e. The van der Waals surface area contributed by atoms with Crippen LogP contribution >= 0.6 is 15.9 Å². The average Bonchev–Trinajstić information content (AvgIpc) is 2.30. The van der Waals surface area contributed by atoms with Crippen LogP contribution in [0.3, 0.4) is 0 Å². The quantitative estimate of drug-likeness (QED) is 0.746. The Morgan fingerprint density at radius 3 is 2.71 bits per heavy atom. The van der Waals surface area contributed by atoms with Gasteiger partial charge >= 0.3 is 0 Å². The van der Waals surface area contributed by atoms with Crippen molar-refractivity contribution < 1.29 is 4.74 Å². The van der Waals surface area contributed by atoms with E-state index in [1.165, 1.54) is 6.42 Å². The van der Waals surface area contributed by atoms with Crippen LogP contribution in [0.4, 0.5) is 0 Å². The summed E-state index contributed by atoms with van der Waals surface area (Å²) in [6, 6.07) is 7.91. The van der Waals surface area contributed by atoms with Crippen LogP contribution in [-0.2, 0) is 0 Å². The van der Waals surface area contributed by atoms with Gasteiger partial charge in [0.1, 0.15) is 12.4 Å². The summed E-state index contributed by atoms with van der Waals surface area (Å²) >= 11 is 3.46. The molecule has 0 amide bonds. The van der Waals surface area contributed by atoms with Gasteiger partial charge in [0.15, 0.2) is 0 Å². The monoisotopic (exact) mass is 300 g/mol. The molecule has 0 saturated carbocycles. The zero-order valence-corrected chi connectivity index (χ0v) is 12.2. The van der Waals surface area contributed by atoms with Crippen LogP contribution in [0.2, 0.25) is 0 Å². The van der Waals surface area contributed by atoms with Gasteiger partial charge in [-0.2, -0.15) is 0 Å². The van der Waals surface area contributed by atoms with Crippen molar-refractivity contribution in [3.63, 3.8) is 0 Å². The lowest BCUT2D eigenvalue weighted by Crippen LogP contribution is -2.25. The Morgan fingerprint density at radius 2 is 2.00 bits per heavy atom. The first-order valence-corrected chi connectivity index (χ1v) is 6.72. The van der Waals surface area contributed by atoms with Gasteiger partial charge < -0.3 is 15.0 Å². The summed E-state index contributed by atoms with van der Waals surface area (Å²) < 4.78 is 6.65. The standard InChI is InChI=1S/C13H21BrN2O/c1-16(2)10-5-8-15-9-11-17-13-7-4-3-6-12(13)14/h3-4,6-7,15H,5,8-11H2,1-2H3. The fraction of sp³-hybridized carbons (Fsp3) is 0.538. The highest BCUT2D eigenvalue weighted by molar-refractivity contribution is 9.10. The van der Waals surface area contributed by atoms with E-state index in [0.717, 1.165) is 29.9 Å². The summed E-state index contributed by atoms with van der Waals surface area (Å²) in [6.45, 7) is 3.74. The number of para-hydroxylation sites is 1. The van der Waals surface area contributed by atoms with Crippen LogP contribution < -0.4 is 10.1 Å². The Kier molecular flexibility index (Phi) is 7.24. The lowest BCUT2D eigenvalue weighted by molar-refractivity contribution is 0.309. The smallest absolute Gasteiger partial charge is 0.133 e. The summed E-state index contributed by atoms with van der Waals surface area (Å²) in [4.78, 5) is 2.19. The first-order chi connectivity index (χ1) is 8.20. The molecule has 0 spiro atoms. The molecule has 0 heterocycles. The molecule has 4 heteroatoms. The van der Waals surface area contributed by atoms with Gasteiger partial charge in [0.25, 0.3) is 0 Å². The third-order valence-electron chi connectivity index (χ3n) is 2.33. The molecule has 3 nitrogen and oxygen atoms in total. The summed E-state index contributed by atoms with van der Waals surface area (Å²) in [5.74, 6) is 0.905. The largest absolute Gasteiger partial charge is 0.491 e. The zero-order valence-electron chi connectivity index (χ0n) is 10.6. The predicted molar refractivity (Wildman–Crippen MR) is 75.7 cm³/mol. The molecule has 0 aliphatic rings. The second-order valence-corrected chi connectivity index (χ2v) is 5.04. The molecular weight excluding hydrogens is 280 g/mol. The summed E-state index contributed by atoms with van der Waals surface area (Å²) in [7, 11) is 4.19. The molecule has 1 N–H and O–H groups in total. The third kappa shape index (κ3) is 6.66. The van der Waals surface area contributed by atoms with Crippen molar-refractivity contribution in [1.29, 1.82) is 0 Å². The molecule has 0 fully saturated rings. The van der Waals surface area contributed by atoms with E-state index in [1.54, 1.807) is 0 Å². The molecule has 0 saturated heterocycles. The molecule has 1 rings (SSSR count). The predicted octanol–water partition coefficient (Wildman–Crippen LogP) is 2.37. The highest BCUT2D eigenvalue weighted by atomic mass is 79.9. The second-order valence-electron chi connectivity index (χ2n) is 4.19. The number of halogens is 1. The molecule has 0 radical (unpaired) electrons. The van der Waals surface area contributed by atoms with Crippen LogP contribution in [0, 0.1) is 0 Å². The summed E-state index contributed by atoms with van der Waals surface area (Å²) in [5.41, 5.74) is 0. The topological polar surface area (TPSA) is 24.5 Å². The normalized spacial score (nSPS) is 10.8. The number of rotatable bonds is 8. The SMILES string of the molecule is CN(C)CCCNCCOc1ccccc1Br. The van der Waals surface area contributed by atoms with Gasteiger partial charge in [-0.05, 0) is 61.7 Å². The van der Waals surface area contributed by atoms with Gasteiger partial charge in [-0.1, -0.05) is 12.1 Å². The van der Waals surface area contributed by atoms with Gasteiger partial charge in [-0.25, -0.2) is 0 Å². The van der Waals surface area contributed by atoms with Gasteiger partial charge in [-0.15, -0.1) is 0 Å². The number of hydrogen-bond acceptors (Lipinski definition) is 3. The molecule has 96 valence electrons. The van der Waals surface area contributed by atoms with Crippen molar-refractivity contribution in [2.45, 2.75) is 6.42 Å². The van der Waals surface area contributed by atoms with E-state index in [9.17, 15) is 0 Å². The Bertz CT molecular complexity index is 318. The third-order valence-corrected chi connectivity index (χ3v) is 2.99. The highest BCUT2D eigenvalue weighted by Crippen LogP contribution is 2.23. The number of benzene rings is 1. The number of hydrogen-bond donors (Lipinski definition) is 1. The van der Waals surface area contributed by atoms with E-state index in [4.69, 9.17) is 4.74 Å². The van der Waals surface area contributed by atoms with E-state index >= 15 is 0 Å². The molecule has 0 atom stereocenters. The van der Waals surface area contributed by atoms with Crippen molar-refractivity contribution in [1.82, 2.24) is 10.2 Å². The number of ether oxygens (including phenoxy) is 1. The molecule has 0 unspecified atom stereocenters. The van der Waals surface area contributed by atoms with Crippen LogP contribution in [-0.4, -0.2) is 45.2 Å². The van der Waals surface area contributed by atoms with Gasteiger partial charge in [0, 0.05) is 6.54 Å². The minimum absolute atomic E-state index is 0.699. The summed E-state index contributed by atoms with van der Waals surface area (Å²) in [6.07, 6.45) is 1.17. The molecule has 1 aromatic rings. The van der Waals surface area contributed by atoms with Crippen LogP contribution in [0.1, 0.15) is 6.42 Å². The molecule has 0 bridgehead atoms. The molecule has 0 aromatic heterocycles.